The van der Waals surface area contributed by atoms with E-state index in [0.717, 1.165) is 10.2 Å². The summed E-state index contributed by atoms with van der Waals surface area (Å²) in [5, 5.41) is 8.74. The molecule has 1 heterocycles. The van der Waals surface area contributed by atoms with Gasteiger partial charge in [-0.2, -0.15) is 5.26 Å². The van der Waals surface area contributed by atoms with Crippen molar-refractivity contribution in [2.24, 2.45) is 0 Å². The highest BCUT2D eigenvalue weighted by atomic mass is 32.2. The average molecular weight is 281 g/mol. The lowest BCUT2D eigenvalue weighted by molar-refractivity contribution is 0.599. The van der Waals surface area contributed by atoms with Gasteiger partial charge in [-0.3, -0.25) is 4.72 Å². The van der Waals surface area contributed by atoms with E-state index in [9.17, 15) is 8.42 Å². The smallest absolute Gasteiger partial charge is 0.234 e. The summed E-state index contributed by atoms with van der Waals surface area (Å²) in [6, 6.07) is 9.38. The summed E-state index contributed by atoms with van der Waals surface area (Å²) in [5.74, 6) is -0.0590. The quantitative estimate of drug-likeness (QED) is 0.853. The highest BCUT2D eigenvalue weighted by molar-refractivity contribution is 7.92. The van der Waals surface area contributed by atoms with Crippen LogP contribution in [0, 0.1) is 11.3 Å². The first kappa shape index (κ1) is 12.8. The number of nitrogens with zero attached hydrogens (tertiary/aromatic N) is 2. The molecule has 0 radical (unpaired) electrons. The highest BCUT2D eigenvalue weighted by Crippen LogP contribution is 2.26. The summed E-state index contributed by atoms with van der Waals surface area (Å²) in [4.78, 5) is 4.19. The number of nitrogens with one attached hydrogen (secondary N) is 1. The van der Waals surface area contributed by atoms with Gasteiger partial charge in [-0.1, -0.05) is 23.5 Å². The molecule has 0 spiro atoms. The van der Waals surface area contributed by atoms with E-state index < -0.39 is 10.0 Å². The van der Waals surface area contributed by atoms with Crippen LogP contribution in [-0.2, 0) is 10.0 Å². The fourth-order valence-electron chi connectivity index (χ4n) is 1.44. The van der Waals surface area contributed by atoms with E-state index in [0.29, 0.717) is 11.6 Å². The lowest BCUT2D eigenvalue weighted by Crippen LogP contribution is -2.16. The number of sulfonamides is 1. The molecule has 0 aliphatic rings. The molecule has 2 aromatic rings. The second-order valence-electron chi connectivity index (χ2n) is 3.67. The number of nitriles is 1. The maximum Gasteiger partial charge on any atom is 0.234 e. The van der Waals surface area contributed by atoms with E-state index in [2.05, 4.69) is 9.71 Å². The van der Waals surface area contributed by atoms with Gasteiger partial charge in [-0.15, -0.1) is 0 Å². The van der Waals surface area contributed by atoms with Gasteiger partial charge in [0.15, 0.2) is 5.13 Å². The first-order chi connectivity index (χ1) is 8.61. The summed E-state index contributed by atoms with van der Waals surface area (Å²) in [7, 11) is -3.41. The number of para-hydroxylation sites is 1. The van der Waals surface area contributed by atoms with Crippen LogP contribution in [0.5, 0.6) is 0 Å². The Balaban J connectivity index is 2.11. The molecular weight excluding hydrogens is 270 g/mol. The fraction of sp³-hybridized carbons (Fsp3) is 0.273. The maximum absolute atomic E-state index is 11.7. The third kappa shape index (κ3) is 3.18. The zero-order valence-corrected chi connectivity index (χ0v) is 11.1. The van der Waals surface area contributed by atoms with Crippen LogP contribution in [0.2, 0.25) is 0 Å². The monoisotopic (exact) mass is 281 g/mol. The predicted octanol–water partition coefficient (Wildman–Crippen LogP) is 2.34. The molecule has 1 aromatic heterocycles. The van der Waals surface area contributed by atoms with Crippen molar-refractivity contribution in [1.29, 1.82) is 5.26 Å². The Hall–Kier alpha value is -1.65. The minimum atomic E-state index is -3.41. The molecule has 1 N–H and O–H groups in total. The Bertz CT molecular complexity index is 653. The summed E-state index contributed by atoms with van der Waals surface area (Å²) in [5.41, 5.74) is 0.775. The van der Waals surface area contributed by atoms with E-state index in [1.54, 1.807) is 0 Å². The maximum atomic E-state index is 11.7. The SMILES string of the molecule is N#CCCCS(=O)(=O)Nc1nc2ccccc2s1. The van der Waals surface area contributed by atoms with E-state index in [-0.39, 0.29) is 12.2 Å². The van der Waals surface area contributed by atoms with Crippen molar-refractivity contribution in [3.8, 4) is 6.07 Å². The third-order valence-electron chi connectivity index (χ3n) is 2.24. The van der Waals surface area contributed by atoms with Crippen molar-refractivity contribution in [2.75, 3.05) is 10.5 Å². The van der Waals surface area contributed by atoms with E-state index >= 15 is 0 Å². The third-order valence-corrected chi connectivity index (χ3v) is 4.65. The van der Waals surface area contributed by atoms with Gasteiger partial charge in [-0.05, 0) is 18.6 Å². The van der Waals surface area contributed by atoms with Gasteiger partial charge < -0.3 is 0 Å². The van der Waals surface area contributed by atoms with Crippen molar-refractivity contribution in [2.45, 2.75) is 12.8 Å². The van der Waals surface area contributed by atoms with Crippen LogP contribution in [0.1, 0.15) is 12.8 Å². The van der Waals surface area contributed by atoms with Crippen molar-refractivity contribution in [3.63, 3.8) is 0 Å². The Morgan fingerprint density at radius 1 is 1.39 bits per heavy atom. The average Bonchev–Trinajstić information content (AvgIpc) is 2.70. The summed E-state index contributed by atoms with van der Waals surface area (Å²) >= 11 is 1.30. The van der Waals surface area contributed by atoms with Crippen molar-refractivity contribution in [3.05, 3.63) is 24.3 Å². The predicted molar refractivity (Wildman–Crippen MR) is 71.9 cm³/mol. The lowest BCUT2D eigenvalue weighted by Gasteiger charge is -2.02. The van der Waals surface area contributed by atoms with Gasteiger partial charge in [-0.25, -0.2) is 13.4 Å². The fourth-order valence-corrected chi connectivity index (χ4v) is 3.64. The van der Waals surface area contributed by atoms with Crippen LogP contribution in [0.4, 0.5) is 5.13 Å². The summed E-state index contributed by atoms with van der Waals surface area (Å²) in [6.07, 6.45) is 0.567. The number of fused-ring (bicyclic) bond motifs is 1. The Morgan fingerprint density at radius 2 is 2.17 bits per heavy atom. The van der Waals surface area contributed by atoms with E-state index in [1.807, 2.05) is 30.3 Å². The number of hydrogen-bond donors (Lipinski definition) is 1. The molecule has 0 aliphatic heterocycles. The topological polar surface area (TPSA) is 82.8 Å². The first-order valence-corrected chi connectivity index (χ1v) is 7.80. The lowest BCUT2D eigenvalue weighted by atomic mass is 10.3. The molecule has 7 heteroatoms. The van der Waals surface area contributed by atoms with Gasteiger partial charge in [0.05, 0.1) is 22.0 Å². The molecule has 2 rings (SSSR count). The minimum absolute atomic E-state index is 0.0590. The Kier molecular flexibility index (Phi) is 3.79. The van der Waals surface area contributed by atoms with Crippen LogP contribution in [0.25, 0.3) is 10.2 Å². The molecule has 0 aliphatic carbocycles. The van der Waals surface area contributed by atoms with Crippen LogP contribution >= 0.6 is 11.3 Å². The van der Waals surface area contributed by atoms with Crippen molar-refractivity contribution >= 4 is 36.7 Å². The molecular formula is C11H11N3O2S2. The van der Waals surface area contributed by atoms with Crippen LogP contribution in [-0.4, -0.2) is 19.2 Å². The Morgan fingerprint density at radius 3 is 2.89 bits per heavy atom. The molecule has 18 heavy (non-hydrogen) atoms. The van der Waals surface area contributed by atoms with Crippen LogP contribution in [0.15, 0.2) is 24.3 Å². The molecule has 0 unspecified atom stereocenters. The second kappa shape index (κ2) is 5.33. The summed E-state index contributed by atoms with van der Waals surface area (Å²) in [6.45, 7) is 0. The number of thiazole rings is 1. The largest absolute Gasteiger partial charge is 0.259 e. The number of hydrogen-bond acceptors (Lipinski definition) is 5. The van der Waals surface area contributed by atoms with Gasteiger partial charge in [0, 0.05) is 6.42 Å². The highest BCUT2D eigenvalue weighted by Gasteiger charge is 2.12. The van der Waals surface area contributed by atoms with Crippen LogP contribution in [0.3, 0.4) is 0 Å². The Labute approximate surface area is 109 Å². The first-order valence-electron chi connectivity index (χ1n) is 5.34. The molecule has 0 atom stereocenters. The normalized spacial score (nSPS) is 11.3. The molecule has 0 saturated heterocycles. The van der Waals surface area contributed by atoms with E-state index in [1.165, 1.54) is 11.3 Å². The van der Waals surface area contributed by atoms with Crippen LogP contribution < -0.4 is 4.72 Å². The van der Waals surface area contributed by atoms with Gasteiger partial charge in [0.2, 0.25) is 10.0 Å². The minimum Gasteiger partial charge on any atom is -0.259 e. The molecule has 5 nitrogen and oxygen atoms in total. The molecule has 0 fully saturated rings. The number of benzene rings is 1. The van der Waals surface area contributed by atoms with Crippen molar-refractivity contribution in [1.82, 2.24) is 4.98 Å². The van der Waals surface area contributed by atoms with Crippen molar-refractivity contribution < 1.29 is 8.42 Å². The van der Waals surface area contributed by atoms with Gasteiger partial charge >= 0.3 is 0 Å². The molecule has 94 valence electrons. The zero-order valence-electron chi connectivity index (χ0n) is 9.46. The molecule has 0 saturated carbocycles. The zero-order chi connectivity index (χ0) is 13.0. The number of anilines is 1. The molecule has 1 aromatic carbocycles. The molecule has 0 bridgehead atoms. The second-order valence-corrected chi connectivity index (χ2v) is 6.54. The molecule has 0 amide bonds. The van der Waals surface area contributed by atoms with E-state index in [4.69, 9.17) is 5.26 Å². The number of rotatable bonds is 5. The standard InChI is InChI=1S/C11H11N3O2S2/c12-7-3-4-8-18(15,16)14-11-13-9-5-1-2-6-10(9)17-11/h1-2,5-6H,3-4,8H2,(H,13,14). The van der Waals surface area contributed by atoms with Gasteiger partial charge in [0.1, 0.15) is 0 Å². The number of unbranched alkanes of at least 4 members (excludes halogenated alkanes) is 1. The summed E-state index contributed by atoms with van der Waals surface area (Å²) < 4.78 is 26.8. The number of aromatic nitrogens is 1. The van der Waals surface area contributed by atoms with Gasteiger partial charge in [0.25, 0.3) is 0 Å².